The summed E-state index contributed by atoms with van der Waals surface area (Å²) in [5.74, 6) is 0.870. The van der Waals surface area contributed by atoms with Gasteiger partial charge < -0.3 is 10.1 Å². The summed E-state index contributed by atoms with van der Waals surface area (Å²) in [6.07, 6.45) is 0. The molecule has 0 aliphatic carbocycles. The molecule has 4 heteroatoms. The van der Waals surface area contributed by atoms with E-state index in [-0.39, 0.29) is 6.04 Å². The molecule has 0 radical (unpaired) electrons. The molecule has 0 aliphatic rings. The van der Waals surface area contributed by atoms with Crippen LogP contribution in [-0.4, -0.2) is 13.7 Å². The van der Waals surface area contributed by atoms with Crippen molar-refractivity contribution in [2.24, 2.45) is 0 Å². The van der Waals surface area contributed by atoms with Gasteiger partial charge in [-0.1, -0.05) is 45.7 Å². The second kappa shape index (κ2) is 7.11. The maximum Gasteiger partial charge on any atom is 0.124 e. The number of hydrogen-bond acceptors (Lipinski definition) is 2. The molecule has 0 aliphatic heterocycles. The van der Waals surface area contributed by atoms with Crippen LogP contribution < -0.4 is 10.1 Å². The van der Waals surface area contributed by atoms with Crippen LogP contribution in [-0.2, 0) is 0 Å². The number of benzene rings is 2. The Bertz CT molecular complexity index is 588. The van der Waals surface area contributed by atoms with Gasteiger partial charge in [-0.25, -0.2) is 0 Å². The molecule has 0 aromatic heterocycles. The van der Waals surface area contributed by atoms with E-state index < -0.39 is 0 Å². The van der Waals surface area contributed by atoms with Gasteiger partial charge in [0, 0.05) is 15.1 Å². The molecule has 20 heavy (non-hydrogen) atoms. The van der Waals surface area contributed by atoms with Crippen LogP contribution in [0.5, 0.6) is 5.75 Å². The van der Waals surface area contributed by atoms with Crippen LogP contribution in [0.3, 0.4) is 0 Å². The van der Waals surface area contributed by atoms with E-state index in [0.29, 0.717) is 6.61 Å². The largest absolute Gasteiger partial charge is 0.494 e. The van der Waals surface area contributed by atoms with Gasteiger partial charge in [0.15, 0.2) is 0 Å². The Kier molecular flexibility index (Phi) is 5.46. The highest BCUT2D eigenvalue weighted by Crippen LogP contribution is 2.35. The molecule has 0 heterocycles. The first kappa shape index (κ1) is 15.4. The highest BCUT2D eigenvalue weighted by Gasteiger charge is 2.19. The van der Waals surface area contributed by atoms with Gasteiger partial charge in [-0.2, -0.15) is 0 Å². The van der Waals surface area contributed by atoms with Crippen molar-refractivity contribution in [2.45, 2.75) is 13.0 Å². The minimum Gasteiger partial charge on any atom is -0.494 e. The normalized spacial score (nSPS) is 12.2. The molecule has 106 valence electrons. The summed E-state index contributed by atoms with van der Waals surface area (Å²) in [5.41, 5.74) is 2.10. The Balaban J connectivity index is 2.51. The number of halogens is 2. The van der Waals surface area contributed by atoms with Crippen molar-refractivity contribution in [3.63, 3.8) is 0 Å². The zero-order valence-corrected chi connectivity index (χ0v) is 13.8. The SMILES string of the molecule is CCOc1ccc(Br)cc1C(NC)c1ccccc1Cl. The molecule has 2 aromatic carbocycles. The third-order valence-corrected chi connectivity index (χ3v) is 3.93. The van der Waals surface area contributed by atoms with E-state index in [2.05, 4.69) is 27.3 Å². The van der Waals surface area contributed by atoms with Crippen molar-refractivity contribution in [1.29, 1.82) is 0 Å². The molecule has 1 N–H and O–H groups in total. The fourth-order valence-electron chi connectivity index (χ4n) is 2.22. The summed E-state index contributed by atoms with van der Waals surface area (Å²) in [6.45, 7) is 2.61. The summed E-state index contributed by atoms with van der Waals surface area (Å²) < 4.78 is 6.75. The Morgan fingerprint density at radius 1 is 1.20 bits per heavy atom. The van der Waals surface area contributed by atoms with Crippen LogP contribution in [0, 0.1) is 0 Å². The van der Waals surface area contributed by atoms with Gasteiger partial charge in [-0.15, -0.1) is 0 Å². The smallest absolute Gasteiger partial charge is 0.124 e. The summed E-state index contributed by atoms with van der Waals surface area (Å²) >= 11 is 9.84. The second-order valence-electron chi connectivity index (χ2n) is 4.36. The Labute approximate surface area is 133 Å². The average molecular weight is 355 g/mol. The van der Waals surface area contributed by atoms with Crippen molar-refractivity contribution < 1.29 is 4.74 Å². The van der Waals surface area contributed by atoms with E-state index in [9.17, 15) is 0 Å². The Morgan fingerprint density at radius 2 is 1.95 bits per heavy atom. The first-order valence-corrected chi connectivity index (χ1v) is 7.68. The van der Waals surface area contributed by atoms with Crippen molar-refractivity contribution in [3.8, 4) is 5.75 Å². The van der Waals surface area contributed by atoms with Crippen LogP contribution in [0.25, 0.3) is 0 Å². The highest BCUT2D eigenvalue weighted by molar-refractivity contribution is 9.10. The van der Waals surface area contributed by atoms with Crippen molar-refractivity contribution in [1.82, 2.24) is 5.32 Å². The maximum atomic E-state index is 6.32. The van der Waals surface area contributed by atoms with Gasteiger partial charge in [0.25, 0.3) is 0 Å². The predicted molar refractivity (Wildman–Crippen MR) is 87.7 cm³/mol. The van der Waals surface area contributed by atoms with Crippen molar-refractivity contribution >= 4 is 27.5 Å². The number of rotatable bonds is 5. The van der Waals surface area contributed by atoms with Gasteiger partial charge in [0.1, 0.15) is 5.75 Å². The lowest BCUT2D eigenvalue weighted by Crippen LogP contribution is -2.19. The van der Waals surface area contributed by atoms with Gasteiger partial charge in [-0.3, -0.25) is 0 Å². The predicted octanol–water partition coefficient (Wildman–Crippen LogP) is 4.81. The summed E-state index contributed by atoms with van der Waals surface area (Å²) in [5, 5.41) is 4.06. The van der Waals surface area contributed by atoms with Crippen LogP contribution in [0.15, 0.2) is 46.9 Å². The number of ether oxygens (including phenoxy) is 1. The van der Waals surface area contributed by atoms with E-state index in [1.165, 1.54) is 0 Å². The van der Waals surface area contributed by atoms with Gasteiger partial charge in [0.2, 0.25) is 0 Å². The molecule has 2 nitrogen and oxygen atoms in total. The summed E-state index contributed by atoms with van der Waals surface area (Å²) in [7, 11) is 1.92. The average Bonchev–Trinajstić information content (AvgIpc) is 2.44. The summed E-state index contributed by atoms with van der Waals surface area (Å²) in [6, 6.07) is 13.9. The molecule has 0 amide bonds. The molecule has 0 spiro atoms. The fourth-order valence-corrected chi connectivity index (χ4v) is 2.84. The Morgan fingerprint density at radius 3 is 2.60 bits per heavy atom. The highest BCUT2D eigenvalue weighted by atomic mass is 79.9. The van der Waals surface area contributed by atoms with Crippen LogP contribution in [0.1, 0.15) is 24.1 Å². The molecule has 2 rings (SSSR count). The van der Waals surface area contributed by atoms with Crippen LogP contribution in [0.2, 0.25) is 5.02 Å². The molecule has 2 aromatic rings. The Hall–Kier alpha value is -1.03. The molecule has 0 saturated heterocycles. The summed E-state index contributed by atoms with van der Waals surface area (Å²) in [4.78, 5) is 0. The monoisotopic (exact) mass is 353 g/mol. The molecular formula is C16H17BrClNO. The number of nitrogens with one attached hydrogen (secondary N) is 1. The van der Waals surface area contributed by atoms with Gasteiger partial charge >= 0.3 is 0 Å². The maximum absolute atomic E-state index is 6.32. The second-order valence-corrected chi connectivity index (χ2v) is 5.68. The third-order valence-electron chi connectivity index (χ3n) is 3.09. The lowest BCUT2D eigenvalue weighted by molar-refractivity contribution is 0.334. The lowest BCUT2D eigenvalue weighted by Gasteiger charge is -2.21. The first-order chi connectivity index (χ1) is 9.67. The quantitative estimate of drug-likeness (QED) is 0.832. The zero-order valence-electron chi connectivity index (χ0n) is 11.5. The fraction of sp³-hybridized carbons (Fsp3) is 0.250. The first-order valence-electron chi connectivity index (χ1n) is 6.51. The van der Waals surface area contributed by atoms with E-state index in [1.807, 2.05) is 50.4 Å². The van der Waals surface area contributed by atoms with Crippen molar-refractivity contribution in [2.75, 3.05) is 13.7 Å². The van der Waals surface area contributed by atoms with Crippen molar-refractivity contribution in [3.05, 3.63) is 63.1 Å². The lowest BCUT2D eigenvalue weighted by atomic mass is 9.98. The standard InChI is InChI=1S/C16H17BrClNO/c1-3-20-15-9-8-11(17)10-13(15)16(19-2)12-6-4-5-7-14(12)18/h4-10,16,19H,3H2,1-2H3. The number of hydrogen-bond donors (Lipinski definition) is 1. The third kappa shape index (κ3) is 3.35. The van der Waals surface area contributed by atoms with Crippen LogP contribution in [0.4, 0.5) is 0 Å². The molecule has 0 bridgehead atoms. The topological polar surface area (TPSA) is 21.3 Å². The minimum absolute atomic E-state index is 0.0113. The molecule has 1 atom stereocenters. The van der Waals surface area contributed by atoms with E-state index in [1.54, 1.807) is 0 Å². The van der Waals surface area contributed by atoms with Crippen LogP contribution >= 0.6 is 27.5 Å². The zero-order chi connectivity index (χ0) is 14.5. The van der Waals surface area contributed by atoms with E-state index in [0.717, 1.165) is 26.4 Å². The minimum atomic E-state index is -0.0113. The van der Waals surface area contributed by atoms with E-state index in [4.69, 9.17) is 16.3 Å². The molecular weight excluding hydrogens is 338 g/mol. The van der Waals surface area contributed by atoms with E-state index >= 15 is 0 Å². The molecule has 0 fully saturated rings. The van der Waals surface area contributed by atoms with Gasteiger partial charge in [-0.05, 0) is 43.8 Å². The molecule has 0 saturated carbocycles. The van der Waals surface area contributed by atoms with Gasteiger partial charge in [0.05, 0.1) is 12.6 Å². The molecule has 1 unspecified atom stereocenters.